The van der Waals surface area contributed by atoms with Gasteiger partial charge in [-0.25, -0.2) is 0 Å². The van der Waals surface area contributed by atoms with Gasteiger partial charge in [-0.1, -0.05) is 29.3 Å². The highest BCUT2D eigenvalue weighted by Crippen LogP contribution is 2.35. The van der Waals surface area contributed by atoms with Crippen LogP contribution in [0.4, 0.5) is 11.4 Å². The molecule has 0 aliphatic carbocycles. The van der Waals surface area contributed by atoms with E-state index in [4.69, 9.17) is 23.2 Å². The second-order valence-electron chi connectivity index (χ2n) is 6.39. The molecule has 28 heavy (non-hydrogen) atoms. The van der Waals surface area contributed by atoms with Crippen molar-refractivity contribution in [1.29, 1.82) is 0 Å². The second kappa shape index (κ2) is 8.25. The summed E-state index contributed by atoms with van der Waals surface area (Å²) in [6.07, 6.45) is 0. The smallest absolute Gasteiger partial charge is 0.277 e. The molecule has 0 spiro atoms. The summed E-state index contributed by atoms with van der Waals surface area (Å²) in [5.74, 6) is -0.810. The molecule has 2 aromatic rings. The van der Waals surface area contributed by atoms with E-state index in [1.807, 2.05) is 24.3 Å². The lowest BCUT2D eigenvalue weighted by molar-refractivity contribution is -0.135. The molecular weight excluding hydrogens is 397 g/mol. The quantitative estimate of drug-likeness (QED) is 0.694. The van der Waals surface area contributed by atoms with E-state index in [9.17, 15) is 9.59 Å². The Hall–Kier alpha value is -2.50. The fourth-order valence-electron chi connectivity index (χ4n) is 3.19. The van der Waals surface area contributed by atoms with Crippen molar-refractivity contribution in [3.05, 3.63) is 63.8 Å². The first-order valence-electron chi connectivity index (χ1n) is 9.01. The van der Waals surface area contributed by atoms with Crippen LogP contribution in [0.15, 0.2) is 48.2 Å². The Kier molecular flexibility index (Phi) is 5.96. The molecule has 5 nitrogen and oxygen atoms in total. The molecule has 0 saturated heterocycles. The van der Waals surface area contributed by atoms with Crippen LogP contribution < -0.4 is 10.2 Å². The molecular formula is C21H21Cl2N3O2. The van der Waals surface area contributed by atoms with Crippen LogP contribution in [-0.2, 0) is 9.59 Å². The molecule has 0 unspecified atom stereocenters. The first kappa shape index (κ1) is 20.2. The van der Waals surface area contributed by atoms with Gasteiger partial charge in [-0.3, -0.25) is 14.5 Å². The van der Waals surface area contributed by atoms with Crippen LogP contribution >= 0.6 is 23.2 Å². The zero-order valence-corrected chi connectivity index (χ0v) is 17.4. The topological polar surface area (TPSA) is 52.7 Å². The van der Waals surface area contributed by atoms with E-state index in [-0.39, 0.29) is 11.3 Å². The number of nitrogens with zero attached hydrogens (tertiary/aromatic N) is 2. The highest BCUT2D eigenvalue weighted by Gasteiger charge is 2.37. The van der Waals surface area contributed by atoms with Crippen molar-refractivity contribution in [2.45, 2.75) is 13.8 Å². The number of nitrogens with one attached hydrogen (secondary N) is 1. The van der Waals surface area contributed by atoms with E-state index in [0.717, 1.165) is 23.7 Å². The molecule has 0 fully saturated rings. The number of amides is 2. The number of imide groups is 1. The Labute approximate surface area is 174 Å². The number of hydrogen-bond donors (Lipinski definition) is 1. The minimum Gasteiger partial charge on any atom is -0.372 e. The lowest BCUT2D eigenvalue weighted by Crippen LogP contribution is -2.28. The number of hydrogen-bond acceptors (Lipinski definition) is 4. The minimum absolute atomic E-state index is 0.201. The summed E-state index contributed by atoms with van der Waals surface area (Å²) >= 11 is 12.3. The normalized spacial score (nSPS) is 14.1. The summed E-state index contributed by atoms with van der Waals surface area (Å²) in [5.41, 5.74) is 2.71. The largest absolute Gasteiger partial charge is 0.372 e. The number of halogens is 2. The zero-order chi connectivity index (χ0) is 20.4. The highest BCUT2D eigenvalue weighted by molar-refractivity contribution is 6.41. The summed E-state index contributed by atoms with van der Waals surface area (Å²) in [4.78, 5) is 28.6. The Morgan fingerprint density at radius 1 is 0.964 bits per heavy atom. The van der Waals surface area contributed by atoms with Crippen LogP contribution in [0.5, 0.6) is 0 Å². The molecule has 0 radical (unpaired) electrons. The third-order valence-corrected chi connectivity index (χ3v) is 5.30. The molecule has 0 atom stereocenters. The number of benzene rings is 2. The Morgan fingerprint density at radius 2 is 1.61 bits per heavy atom. The number of rotatable bonds is 6. The third-order valence-electron chi connectivity index (χ3n) is 4.75. The molecule has 0 saturated carbocycles. The number of carbonyl (C=O) groups is 2. The summed E-state index contributed by atoms with van der Waals surface area (Å²) < 4.78 is 0. The highest BCUT2D eigenvalue weighted by atomic mass is 35.5. The zero-order valence-electron chi connectivity index (χ0n) is 15.9. The minimum atomic E-state index is -0.406. The summed E-state index contributed by atoms with van der Waals surface area (Å²) in [5, 5.41) is 3.88. The molecule has 2 aromatic carbocycles. The molecule has 1 N–H and O–H groups in total. The Bertz CT molecular complexity index is 951. The Balaban J connectivity index is 2.00. The van der Waals surface area contributed by atoms with E-state index in [2.05, 4.69) is 24.1 Å². The SMILES string of the molecule is CCN(CC)c1ccc(NC2=C(c3ccc(Cl)cc3Cl)C(=O)N(C)C2=O)cc1. The van der Waals surface area contributed by atoms with Gasteiger partial charge in [0.25, 0.3) is 11.8 Å². The second-order valence-corrected chi connectivity index (χ2v) is 7.23. The fraction of sp³-hybridized carbons (Fsp3) is 0.238. The van der Waals surface area contributed by atoms with Gasteiger partial charge in [0.2, 0.25) is 0 Å². The van der Waals surface area contributed by atoms with Gasteiger partial charge < -0.3 is 10.2 Å². The molecule has 2 amide bonds. The summed E-state index contributed by atoms with van der Waals surface area (Å²) in [7, 11) is 1.45. The maximum Gasteiger partial charge on any atom is 0.277 e. The van der Waals surface area contributed by atoms with Crippen molar-refractivity contribution in [1.82, 2.24) is 4.90 Å². The summed E-state index contributed by atoms with van der Waals surface area (Å²) in [6, 6.07) is 12.6. The van der Waals surface area contributed by atoms with Gasteiger partial charge in [-0.2, -0.15) is 0 Å². The van der Waals surface area contributed by atoms with E-state index in [0.29, 0.717) is 21.3 Å². The van der Waals surface area contributed by atoms with Gasteiger partial charge in [-0.05, 0) is 50.2 Å². The average Bonchev–Trinajstić information content (AvgIpc) is 2.88. The van der Waals surface area contributed by atoms with Crippen molar-refractivity contribution in [3.63, 3.8) is 0 Å². The van der Waals surface area contributed by atoms with E-state index < -0.39 is 11.8 Å². The first-order chi connectivity index (χ1) is 13.4. The van der Waals surface area contributed by atoms with Gasteiger partial charge >= 0.3 is 0 Å². The lowest BCUT2D eigenvalue weighted by atomic mass is 10.0. The van der Waals surface area contributed by atoms with Crippen LogP contribution in [0.1, 0.15) is 19.4 Å². The molecule has 0 aromatic heterocycles. The van der Waals surface area contributed by atoms with Crippen LogP contribution in [0.3, 0.4) is 0 Å². The van der Waals surface area contributed by atoms with Gasteiger partial charge in [0.15, 0.2) is 0 Å². The Morgan fingerprint density at radius 3 is 2.18 bits per heavy atom. The molecule has 3 rings (SSSR count). The summed E-state index contributed by atoms with van der Waals surface area (Å²) in [6.45, 7) is 6.01. The van der Waals surface area contributed by atoms with Crippen molar-refractivity contribution in [2.75, 3.05) is 30.4 Å². The predicted octanol–water partition coefficient (Wildman–Crippen LogP) is 4.66. The van der Waals surface area contributed by atoms with E-state index >= 15 is 0 Å². The van der Waals surface area contributed by atoms with Crippen molar-refractivity contribution >= 4 is 52.0 Å². The van der Waals surface area contributed by atoms with Gasteiger partial charge in [0, 0.05) is 42.1 Å². The van der Waals surface area contributed by atoms with Crippen molar-refractivity contribution in [2.24, 2.45) is 0 Å². The van der Waals surface area contributed by atoms with E-state index in [1.165, 1.54) is 7.05 Å². The molecule has 1 heterocycles. The average molecular weight is 418 g/mol. The number of likely N-dealkylation sites (N-methyl/N-ethyl adjacent to an activating group) is 1. The van der Waals surface area contributed by atoms with Crippen LogP contribution in [0.2, 0.25) is 10.0 Å². The monoisotopic (exact) mass is 417 g/mol. The van der Waals surface area contributed by atoms with Gasteiger partial charge in [0.05, 0.1) is 10.6 Å². The molecule has 1 aliphatic rings. The number of anilines is 2. The van der Waals surface area contributed by atoms with Crippen LogP contribution in [0, 0.1) is 0 Å². The van der Waals surface area contributed by atoms with Gasteiger partial charge in [-0.15, -0.1) is 0 Å². The predicted molar refractivity (Wildman–Crippen MR) is 115 cm³/mol. The maximum absolute atomic E-state index is 12.7. The van der Waals surface area contributed by atoms with Crippen LogP contribution in [0.25, 0.3) is 5.57 Å². The van der Waals surface area contributed by atoms with E-state index in [1.54, 1.807) is 18.2 Å². The van der Waals surface area contributed by atoms with Crippen molar-refractivity contribution < 1.29 is 9.59 Å². The molecule has 1 aliphatic heterocycles. The standard InChI is InChI=1S/C21H21Cl2N3O2/c1-4-26(5-2)15-9-7-14(8-10-15)24-19-18(20(27)25(3)21(19)28)16-11-6-13(22)12-17(16)23/h6-12,24H,4-5H2,1-3H3. The lowest BCUT2D eigenvalue weighted by Gasteiger charge is -2.21. The number of carbonyl (C=O) groups excluding carboxylic acids is 2. The fourth-order valence-corrected chi connectivity index (χ4v) is 3.69. The first-order valence-corrected chi connectivity index (χ1v) is 9.77. The molecule has 146 valence electrons. The van der Waals surface area contributed by atoms with Crippen LogP contribution in [-0.4, -0.2) is 36.9 Å². The third kappa shape index (κ3) is 3.73. The molecule has 0 bridgehead atoms. The maximum atomic E-state index is 12.7. The molecule has 7 heteroatoms. The van der Waals surface area contributed by atoms with Crippen molar-refractivity contribution in [3.8, 4) is 0 Å². The van der Waals surface area contributed by atoms with Gasteiger partial charge in [0.1, 0.15) is 5.70 Å².